The Labute approximate surface area is 57.5 Å². The maximum Gasteiger partial charge on any atom is 0.231 e. The third kappa shape index (κ3) is 1.19. The van der Waals surface area contributed by atoms with Crippen molar-refractivity contribution in [2.75, 3.05) is 0 Å². The summed E-state index contributed by atoms with van der Waals surface area (Å²) in [5, 5.41) is 0.109. The number of hydrogen-bond donors (Lipinski definition) is 0. The molecule has 0 spiro atoms. The highest BCUT2D eigenvalue weighted by Gasteiger charge is 2.00. The minimum Gasteiger partial charge on any atom is -0.227 e. The van der Waals surface area contributed by atoms with Crippen LogP contribution in [0.3, 0.4) is 0 Å². The van der Waals surface area contributed by atoms with Crippen molar-refractivity contribution in [2.45, 2.75) is 6.92 Å². The van der Waals surface area contributed by atoms with E-state index in [-0.39, 0.29) is 5.02 Å². The first kappa shape index (κ1) is 6.49. The molecular formula is C6H5ClFN. The molecule has 0 aromatic carbocycles. The Balaban J connectivity index is 3.25. The minimum absolute atomic E-state index is 0.109. The van der Waals surface area contributed by atoms with E-state index in [0.29, 0.717) is 5.56 Å². The quantitative estimate of drug-likeness (QED) is 0.510. The van der Waals surface area contributed by atoms with Crippen molar-refractivity contribution in [2.24, 2.45) is 0 Å². The van der Waals surface area contributed by atoms with E-state index in [1.54, 1.807) is 13.0 Å². The van der Waals surface area contributed by atoms with Gasteiger partial charge < -0.3 is 0 Å². The lowest BCUT2D eigenvalue weighted by Gasteiger charge is -1.94. The van der Waals surface area contributed by atoms with Gasteiger partial charge in [0, 0.05) is 6.20 Å². The van der Waals surface area contributed by atoms with Gasteiger partial charge in [0.1, 0.15) is 0 Å². The van der Waals surface area contributed by atoms with E-state index in [0.717, 1.165) is 0 Å². The van der Waals surface area contributed by atoms with Crippen LogP contribution in [0.4, 0.5) is 4.39 Å². The van der Waals surface area contributed by atoms with Gasteiger partial charge in [-0.05, 0) is 18.6 Å². The fraction of sp³-hybridized carbons (Fsp3) is 0.167. The van der Waals surface area contributed by atoms with Crippen molar-refractivity contribution in [3.8, 4) is 0 Å². The van der Waals surface area contributed by atoms with Gasteiger partial charge >= 0.3 is 0 Å². The van der Waals surface area contributed by atoms with Crippen LogP contribution in [-0.2, 0) is 0 Å². The Morgan fingerprint density at radius 1 is 1.67 bits per heavy atom. The zero-order chi connectivity index (χ0) is 6.85. The van der Waals surface area contributed by atoms with Crippen LogP contribution in [0.5, 0.6) is 0 Å². The SMILES string of the molecule is Cc1ccnc(F)c1Cl. The van der Waals surface area contributed by atoms with Gasteiger partial charge in [-0.15, -0.1) is 0 Å². The molecule has 1 nitrogen and oxygen atoms in total. The second kappa shape index (κ2) is 2.31. The predicted octanol–water partition coefficient (Wildman–Crippen LogP) is 2.18. The minimum atomic E-state index is -0.600. The van der Waals surface area contributed by atoms with Gasteiger partial charge in [0.25, 0.3) is 0 Å². The molecule has 1 rings (SSSR count). The molecule has 0 fully saturated rings. The maximum atomic E-state index is 12.3. The molecule has 48 valence electrons. The number of pyridine rings is 1. The molecule has 0 saturated carbocycles. The highest BCUT2D eigenvalue weighted by Crippen LogP contribution is 2.15. The summed E-state index contributed by atoms with van der Waals surface area (Å²) in [4.78, 5) is 3.34. The van der Waals surface area contributed by atoms with Crippen LogP contribution in [0.15, 0.2) is 12.3 Å². The summed E-state index contributed by atoms with van der Waals surface area (Å²) in [6.07, 6.45) is 1.39. The van der Waals surface area contributed by atoms with Gasteiger partial charge in [-0.2, -0.15) is 4.39 Å². The van der Waals surface area contributed by atoms with E-state index in [1.165, 1.54) is 6.20 Å². The molecule has 0 saturated heterocycles. The Bertz CT molecular complexity index is 204. The van der Waals surface area contributed by atoms with Crippen LogP contribution in [0.2, 0.25) is 5.02 Å². The molecule has 3 heteroatoms. The summed E-state index contributed by atoms with van der Waals surface area (Å²) in [7, 11) is 0. The lowest BCUT2D eigenvalue weighted by molar-refractivity contribution is 0.583. The summed E-state index contributed by atoms with van der Waals surface area (Å²) in [6.45, 7) is 1.73. The first-order chi connectivity index (χ1) is 4.22. The zero-order valence-electron chi connectivity index (χ0n) is 4.86. The van der Waals surface area contributed by atoms with Crippen LogP contribution >= 0.6 is 11.6 Å². The Kier molecular flexibility index (Phi) is 1.67. The Morgan fingerprint density at radius 3 is 2.78 bits per heavy atom. The highest BCUT2D eigenvalue weighted by atomic mass is 35.5. The molecule has 1 aromatic rings. The van der Waals surface area contributed by atoms with Gasteiger partial charge in [0.15, 0.2) is 0 Å². The third-order valence-corrected chi connectivity index (χ3v) is 1.49. The molecule has 0 amide bonds. The van der Waals surface area contributed by atoms with Crippen molar-refractivity contribution >= 4 is 11.6 Å². The number of halogens is 2. The van der Waals surface area contributed by atoms with Crippen LogP contribution in [0, 0.1) is 12.9 Å². The molecule has 0 aliphatic carbocycles. The second-order valence-electron chi connectivity index (χ2n) is 1.73. The van der Waals surface area contributed by atoms with Crippen molar-refractivity contribution in [3.05, 3.63) is 28.8 Å². The summed E-state index contributed by atoms with van der Waals surface area (Å²) in [6, 6.07) is 1.66. The molecule has 0 aliphatic heterocycles. The van der Waals surface area contributed by atoms with E-state index >= 15 is 0 Å². The lowest BCUT2D eigenvalue weighted by atomic mass is 10.3. The normalized spacial score (nSPS) is 9.67. The summed E-state index contributed by atoms with van der Waals surface area (Å²) in [5.41, 5.74) is 0.712. The van der Waals surface area contributed by atoms with Gasteiger partial charge in [0.2, 0.25) is 5.95 Å². The molecule has 0 atom stereocenters. The predicted molar refractivity (Wildman–Crippen MR) is 33.9 cm³/mol. The Hall–Kier alpha value is -0.630. The third-order valence-electron chi connectivity index (χ3n) is 1.04. The van der Waals surface area contributed by atoms with Crippen molar-refractivity contribution in [1.82, 2.24) is 4.98 Å². The second-order valence-corrected chi connectivity index (χ2v) is 2.11. The molecule has 0 bridgehead atoms. The summed E-state index contributed by atoms with van der Waals surface area (Å²) in [5.74, 6) is -0.600. The van der Waals surface area contributed by atoms with Crippen molar-refractivity contribution in [3.63, 3.8) is 0 Å². The first-order valence-electron chi connectivity index (χ1n) is 2.48. The van der Waals surface area contributed by atoms with Gasteiger partial charge in [0.05, 0.1) is 5.02 Å². The van der Waals surface area contributed by atoms with Gasteiger partial charge in [-0.1, -0.05) is 11.6 Å². The van der Waals surface area contributed by atoms with E-state index in [4.69, 9.17) is 11.6 Å². The monoisotopic (exact) mass is 145 g/mol. The summed E-state index contributed by atoms with van der Waals surface area (Å²) >= 11 is 5.44. The summed E-state index contributed by atoms with van der Waals surface area (Å²) < 4.78 is 12.3. The number of rotatable bonds is 0. The van der Waals surface area contributed by atoms with Gasteiger partial charge in [-0.3, -0.25) is 0 Å². The first-order valence-corrected chi connectivity index (χ1v) is 2.86. The highest BCUT2D eigenvalue weighted by molar-refractivity contribution is 6.31. The number of nitrogens with zero attached hydrogens (tertiary/aromatic N) is 1. The van der Waals surface area contributed by atoms with Crippen LogP contribution in [0.1, 0.15) is 5.56 Å². The van der Waals surface area contributed by atoms with Crippen LogP contribution in [-0.4, -0.2) is 4.98 Å². The molecule has 0 aliphatic rings. The Morgan fingerprint density at radius 2 is 2.33 bits per heavy atom. The molecule has 0 radical (unpaired) electrons. The average molecular weight is 146 g/mol. The molecule has 0 unspecified atom stereocenters. The molecule has 9 heavy (non-hydrogen) atoms. The lowest BCUT2D eigenvalue weighted by Crippen LogP contribution is -1.84. The fourth-order valence-electron chi connectivity index (χ4n) is 0.507. The van der Waals surface area contributed by atoms with Crippen LogP contribution < -0.4 is 0 Å². The zero-order valence-corrected chi connectivity index (χ0v) is 5.61. The largest absolute Gasteiger partial charge is 0.231 e. The van der Waals surface area contributed by atoms with Crippen molar-refractivity contribution in [1.29, 1.82) is 0 Å². The van der Waals surface area contributed by atoms with E-state index in [9.17, 15) is 4.39 Å². The molecular weight excluding hydrogens is 141 g/mol. The van der Waals surface area contributed by atoms with Gasteiger partial charge in [-0.25, -0.2) is 4.98 Å². The van der Waals surface area contributed by atoms with E-state index < -0.39 is 5.95 Å². The average Bonchev–Trinajstić information content (AvgIpc) is 1.83. The van der Waals surface area contributed by atoms with Crippen LogP contribution in [0.25, 0.3) is 0 Å². The number of hydrogen-bond acceptors (Lipinski definition) is 1. The van der Waals surface area contributed by atoms with Crippen molar-refractivity contribution < 1.29 is 4.39 Å². The fourth-order valence-corrected chi connectivity index (χ4v) is 0.619. The molecule has 1 aromatic heterocycles. The molecule has 1 heterocycles. The molecule has 0 N–H and O–H groups in total. The maximum absolute atomic E-state index is 12.3. The van der Waals surface area contributed by atoms with E-state index in [1.807, 2.05) is 0 Å². The number of aryl methyl sites for hydroxylation is 1. The van der Waals surface area contributed by atoms with E-state index in [2.05, 4.69) is 4.98 Å². The number of aromatic nitrogens is 1. The smallest absolute Gasteiger partial charge is 0.227 e. The standard InChI is InChI=1S/C6H5ClFN/c1-4-2-3-9-6(8)5(4)7/h2-3H,1H3. The topological polar surface area (TPSA) is 12.9 Å².